The Morgan fingerprint density at radius 3 is 3.00 bits per heavy atom. The van der Waals surface area contributed by atoms with Crippen molar-refractivity contribution in [2.45, 2.75) is 6.42 Å². The van der Waals surface area contributed by atoms with Crippen LogP contribution in [-0.2, 0) is 4.74 Å². The Morgan fingerprint density at radius 1 is 1.53 bits per heavy atom. The van der Waals surface area contributed by atoms with Crippen molar-refractivity contribution in [3.05, 3.63) is 35.6 Å². The number of carbonyl (C=O) groups is 1. The molecule has 3 nitrogen and oxygen atoms in total. The van der Waals surface area contributed by atoms with Crippen molar-refractivity contribution >= 4 is 5.78 Å². The summed E-state index contributed by atoms with van der Waals surface area (Å²) in [5, 5.41) is 2.91. The van der Waals surface area contributed by atoms with Gasteiger partial charge in [0.1, 0.15) is 5.82 Å². The molecule has 0 saturated heterocycles. The van der Waals surface area contributed by atoms with Gasteiger partial charge in [-0.05, 0) is 12.1 Å². The van der Waals surface area contributed by atoms with Crippen molar-refractivity contribution in [1.82, 2.24) is 5.32 Å². The van der Waals surface area contributed by atoms with E-state index >= 15 is 0 Å². The van der Waals surface area contributed by atoms with Crippen molar-refractivity contribution in [3.8, 4) is 0 Å². The molecule has 0 aliphatic carbocycles. The van der Waals surface area contributed by atoms with Crippen LogP contribution in [-0.4, -0.2) is 26.2 Å². The highest BCUT2D eigenvalue weighted by atomic mass is 19.1. The summed E-state index contributed by atoms with van der Waals surface area (Å²) in [4.78, 5) is 11.5. The highest BCUT2D eigenvalue weighted by molar-refractivity contribution is 5.96. The lowest BCUT2D eigenvalue weighted by Crippen LogP contribution is -2.20. The minimum absolute atomic E-state index is 0.0712. The molecule has 0 spiro atoms. The smallest absolute Gasteiger partial charge is 0.164 e. The number of hydrogen-bond acceptors (Lipinski definition) is 3. The molecule has 1 aromatic carbocycles. The molecule has 0 heterocycles. The third-order valence-corrected chi connectivity index (χ3v) is 1.92. The summed E-state index contributed by atoms with van der Waals surface area (Å²) in [7, 11) is 1.57. The predicted molar refractivity (Wildman–Crippen MR) is 55.2 cm³/mol. The molecular weight excluding hydrogens is 197 g/mol. The molecule has 15 heavy (non-hydrogen) atoms. The lowest BCUT2D eigenvalue weighted by atomic mass is 10.1. The van der Waals surface area contributed by atoms with Crippen LogP contribution in [0.3, 0.4) is 0 Å². The van der Waals surface area contributed by atoms with Crippen molar-refractivity contribution in [1.29, 1.82) is 0 Å². The van der Waals surface area contributed by atoms with Gasteiger partial charge in [-0.25, -0.2) is 4.39 Å². The number of carbonyl (C=O) groups excluding carboxylic acids is 1. The van der Waals surface area contributed by atoms with Crippen molar-refractivity contribution in [3.63, 3.8) is 0 Å². The maximum atomic E-state index is 12.8. The molecule has 1 rings (SSSR count). The molecule has 0 unspecified atom stereocenters. The molecule has 0 aliphatic rings. The first kappa shape index (κ1) is 11.8. The van der Waals surface area contributed by atoms with Gasteiger partial charge >= 0.3 is 0 Å². The fraction of sp³-hybridized carbons (Fsp3) is 0.364. The normalized spacial score (nSPS) is 10.3. The zero-order chi connectivity index (χ0) is 11.1. The number of nitrogens with one attached hydrogen (secondary N) is 1. The lowest BCUT2D eigenvalue weighted by molar-refractivity contribution is 0.0976. The van der Waals surface area contributed by atoms with Gasteiger partial charge in [0.2, 0.25) is 0 Å². The molecule has 0 aromatic heterocycles. The molecule has 0 fully saturated rings. The molecule has 1 aromatic rings. The summed E-state index contributed by atoms with van der Waals surface area (Å²) in [5.74, 6) is -0.455. The predicted octanol–water partition coefficient (Wildman–Crippen LogP) is 1.59. The molecular formula is C11H14FNO2. The number of rotatable bonds is 6. The van der Waals surface area contributed by atoms with E-state index < -0.39 is 0 Å². The first-order valence-corrected chi connectivity index (χ1v) is 4.72. The second kappa shape index (κ2) is 6.27. The average Bonchev–Trinajstić information content (AvgIpc) is 2.24. The molecule has 0 amide bonds. The van der Waals surface area contributed by atoms with Gasteiger partial charge in [0.05, 0.1) is 6.73 Å². The number of methoxy groups -OCH3 is 1. The maximum absolute atomic E-state index is 12.8. The van der Waals surface area contributed by atoms with Crippen LogP contribution in [0.15, 0.2) is 24.3 Å². The van der Waals surface area contributed by atoms with Crippen molar-refractivity contribution < 1.29 is 13.9 Å². The Kier molecular flexibility index (Phi) is 4.93. The molecule has 0 atom stereocenters. The number of benzene rings is 1. The highest BCUT2D eigenvalue weighted by Gasteiger charge is 2.05. The van der Waals surface area contributed by atoms with Crippen LogP contribution in [0, 0.1) is 5.82 Å². The van der Waals surface area contributed by atoms with E-state index in [1.54, 1.807) is 13.2 Å². The molecule has 0 saturated carbocycles. The number of Topliss-reactive ketones (excluding diaryl/α,β-unsaturated/α-hetero) is 1. The maximum Gasteiger partial charge on any atom is 0.164 e. The Balaban J connectivity index is 2.40. The Morgan fingerprint density at radius 2 is 2.33 bits per heavy atom. The van der Waals surface area contributed by atoms with Crippen LogP contribution < -0.4 is 5.32 Å². The van der Waals surface area contributed by atoms with Gasteiger partial charge in [0.25, 0.3) is 0 Å². The molecule has 0 bridgehead atoms. The second-order valence-corrected chi connectivity index (χ2v) is 3.12. The molecule has 4 heteroatoms. The van der Waals surface area contributed by atoms with Crippen LogP contribution in [0.25, 0.3) is 0 Å². The van der Waals surface area contributed by atoms with Gasteiger partial charge in [0, 0.05) is 25.6 Å². The summed E-state index contributed by atoms with van der Waals surface area (Å²) in [5.41, 5.74) is 0.411. The zero-order valence-electron chi connectivity index (χ0n) is 8.63. The molecule has 1 N–H and O–H groups in total. The summed E-state index contributed by atoms with van der Waals surface area (Å²) < 4.78 is 17.5. The van der Waals surface area contributed by atoms with Gasteiger partial charge in [-0.1, -0.05) is 12.1 Å². The Labute approximate surface area is 88.2 Å². The van der Waals surface area contributed by atoms with E-state index in [9.17, 15) is 9.18 Å². The Bertz CT molecular complexity index is 328. The van der Waals surface area contributed by atoms with E-state index in [0.717, 1.165) is 0 Å². The van der Waals surface area contributed by atoms with E-state index in [0.29, 0.717) is 25.3 Å². The standard InChI is InChI=1S/C11H14FNO2/c1-15-8-13-6-5-11(14)9-3-2-4-10(12)7-9/h2-4,7,13H,5-6,8H2,1H3. The summed E-state index contributed by atoms with van der Waals surface area (Å²) in [6.45, 7) is 0.944. The third-order valence-electron chi connectivity index (χ3n) is 1.92. The van der Waals surface area contributed by atoms with Crippen molar-refractivity contribution in [2.75, 3.05) is 20.4 Å². The van der Waals surface area contributed by atoms with E-state index in [-0.39, 0.29) is 11.6 Å². The lowest BCUT2D eigenvalue weighted by Gasteiger charge is -2.03. The number of hydrogen-bond donors (Lipinski definition) is 1. The fourth-order valence-electron chi connectivity index (χ4n) is 1.18. The van der Waals surface area contributed by atoms with Crippen LogP contribution in [0.1, 0.15) is 16.8 Å². The minimum atomic E-state index is -0.384. The van der Waals surface area contributed by atoms with Crippen LogP contribution in [0.4, 0.5) is 4.39 Å². The molecule has 0 aliphatic heterocycles. The van der Waals surface area contributed by atoms with Crippen LogP contribution in [0.2, 0.25) is 0 Å². The van der Waals surface area contributed by atoms with Gasteiger partial charge in [-0.15, -0.1) is 0 Å². The Hall–Kier alpha value is -1.26. The second-order valence-electron chi connectivity index (χ2n) is 3.12. The SMILES string of the molecule is COCNCCC(=O)c1cccc(F)c1. The van der Waals surface area contributed by atoms with E-state index in [4.69, 9.17) is 4.74 Å². The molecule has 0 radical (unpaired) electrons. The van der Waals surface area contributed by atoms with Gasteiger partial charge in [-0.3, -0.25) is 10.1 Å². The van der Waals surface area contributed by atoms with Gasteiger partial charge in [0.15, 0.2) is 5.78 Å². The van der Waals surface area contributed by atoms with Crippen LogP contribution >= 0.6 is 0 Å². The van der Waals surface area contributed by atoms with Gasteiger partial charge in [-0.2, -0.15) is 0 Å². The highest BCUT2D eigenvalue weighted by Crippen LogP contribution is 2.05. The number of ketones is 1. The van der Waals surface area contributed by atoms with Gasteiger partial charge < -0.3 is 4.74 Å². The van der Waals surface area contributed by atoms with E-state index in [1.165, 1.54) is 18.2 Å². The fourth-order valence-corrected chi connectivity index (χ4v) is 1.18. The summed E-state index contributed by atoms with van der Waals surface area (Å²) >= 11 is 0. The molecule has 82 valence electrons. The number of ether oxygens (including phenoxy) is 1. The van der Waals surface area contributed by atoms with E-state index in [1.807, 2.05) is 0 Å². The van der Waals surface area contributed by atoms with Crippen LogP contribution in [0.5, 0.6) is 0 Å². The number of halogens is 1. The zero-order valence-corrected chi connectivity index (χ0v) is 8.63. The largest absolute Gasteiger partial charge is 0.370 e. The first-order valence-electron chi connectivity index (χ1n) is 4.72. The minimum Gasteiger partial charge on any atom is -0.370 e. The quantitative estimate of drug-likeness (QED) is 0.441. The monoisotopic (exact) mass is 211 g/mol. The summed E-state index contributed by atoms with van der Waals surface area (Å²) in [6, 6.07) is 5.71. The topological polar surface area (TPSA) is 38.3 Å². The first-order chi connectivity index (χ1) is 7.24. The third kappa shape index (κ3) is 4.18. The van der Waals surface area contributed by atoms with E-state index in [2.05, 4.69) is 5.32 Å². The van der Waals surface area contributed by atoms with Crippen molar-refractivity contribution in [2.24, 2.45) is 0 Å². The average molecular weight is 211 g/mol. The summed E-state index contributed by atoms with van der Waals surface area (Å²) in [6.07, 6.45) is 0.340.